The lowest BCUT2D eigenvalue weighted by Crippen LogP contribution is -2.59. The molecule has 2 bridgehead atoms. The van der Waals surface area contributed by atoms with Crippen molar-refractivity contribution in [1.82, 2.24) is 0 Å². The van der Waals surface area contributed by atoms with Gasteiger partial charge in [-0.15, -0.1) is 23.2 Å². The van der Waals surface area contributed by atoms with Crippen molar-refractivity contribution in [3.63, 3.8) is 0 Å². The minimum atomic E-state index is -1.78. The van der Waals surface area contributed by atoms with Gasteiger partial charge in [-0.1, -0.05) is 19.6 Å². The maximum Gasteiger partial charge on any atom is 0.217 e. The molecule has 1 N–H and O–H groups in total. The zero-order valence-corrected chi connectivity index (χ0v) is 14.3. The SMILES string of the molecule is COC1(OC)[C@@]2(Cl)[C@H](O)C(=O)[C@]1(Cl)C[C@@H]2[Si](C)(C)C. The van der Waals surface area contributed by atoms with Crippen LogP contribution >= 0.6 is 23.2 Å². The van der Waals surface area contributed by atoms with Gasteiger partial charge in [-0.2, -0.15) is 0 Å². The van der Waals surface area contributed by atoms with Gasteiger partial charge in [0.15, 0.2) is 10.7 Å². The van der Waals surface area contributed by atoms with Crippen LogP contribution < -0.4 is 0 Å². The van der Waals surface area contributed by atoms with Crippen LogP contribution in [0.3, 0.4) is 0 Å². The molecule has 0 aromatic carbocycles. The maximum atomic E-state index is 12.3. The van der Waals surface area contributed by atoms with E-state index >= 15 is 0 Å². The lowest BCUT2D eigenvalue weighted by molar-refractivity contribution is -0.224. The van der Waals surface area contributed by atoms with Gasteiger partial charge in [0.25, 0.3) is 0 Å². The molecule has 0 heterocycles. The minimum Gasteiger partial charge on any atom is -0.383 e. The number of methoxy groups -OCH3 is 2. The first-order valence-corrected chi connectivity index (χ1v) is 10.6. The molecule has 0 radical (unpaired) electrons. The van der Waals surface area contributed by atoms with Crippen LogP contribution in [0.5, 0.6) is 0 Å². The summed E-state index contributed by atoms with van der Waals surface area (Å²) in [6, 6.07) is 0. The Hall–Kier alpha value is 0.347. The molecule has 4 nitrogen and oxygen atoms in total. The summed E-state index contributed by atoms with van der Waals surface area (Å²) in [5.74, 6) is -1.98. The monoisotopic (exact) mass is 326 g/mol. The number of hydrogen-bond acceptors (Lipinski definition) is 4. The number of aliphatic hydroxyl groups is 1. The average molecular weight is 327 g/mol. The number of ketones is 1. The number of hydrogen-bond donors (Lipinski definition) is 1. The van der Waals surface area contributed by atoms with Gasteiger partial charge in [0.2, 0.25) is 5.79 Å². The lowest BCUT2D eigenvalue weighted by atomic mass is 9.94. The van der Waals surface area contributed by atoms with Gasteiger partial charge >= 0.3 is 0 Å². The fourth-order valence-corrected chi connectivity index (χ4v) is 8.54. The van der Waals surface area contributed by atoms with E-state index in [1.807, 2.05) is 0 Å². The fourth-order valence-electron chi connectivity index (χ4n) is 3.79. The van der Waals surface area contributed by atoms with Crippen LogP contribution in [-0.4, -0.2) is 54.8 Å². The highest BCUT2D eigenvalue weighted by atomic mass is 35.5. The topological polar surface area (TPSA) is 55.8 Å². The molecule has 19 heavy (non-hydrogen) atoms. The quantitative estimate of drug-likeness (QED) is 0.489. The van der Waals surface area contributed by atoms with Crippen LogP contribution in [0.2, 0.25) is 25.2 Å². The van der Waals surface area contributed by atoms with E-state index in [1.165, 1.54) is 14.2 Å². The molecule has 2 saturated carbocycles. The first-order chi connectivity index (χ1) is 8.53. The molecule has 0 amide bonds. The Kier molecular flexibility index (Phi) is 3.46. The number of carbonyl (C=O) groups is 1. The molecule has 7 heteroatoms. The Morgan fingerprint density at radius 3 is 2.05 bits per heavy atom. The number of carbonyl (C=O) groups excluding carboxylic acids is 1. The highest BCUT2D eigenvalue weighted by molar-refractivity contribution is 6.79. The predicted molar refractivity (Wildman–Crippen MR) is 76.6 cm³/mol. The Morgan fingerprint density at radius 1 is 1.26 bits per heavy atom. The van der Waals surface area contributed by atoms with Crippen LogP contribution in [0, 0.1) is 0 Å². The normalized spacial score (nSPS) is 44.9. The summed E-state index contributed by atoms with van der Waals surface area (Å²) >= 11 is 13.3. The average Bonchev–Trinajstić information content (AvgIpc) is 2.60. The molecule has 0 spiro atoms. The van der Waals surface area contributed by atoms with Crippen LogP contribution in [0.25, 0.3) is 0 Å². The third-order valence-electron chi connectivity index (χ3n) is 4.68. The van der Waals surface area contributed by atoms with Crippen molar-refractivity contribution >= 4 is 37.1 Å². The van der Waals surface area contributed by atoms with Crippen LogP contribution in [0.1, 0.15) is 6.42 Å². The summed E-state index contributed by atoms with van der Waals surface area (Å²) in [6.07, 6.45) is -0.984. The first-order valence-electron chi connectivity index (χ1n) is 6.23. The van der Waals surface area contributed by atoms with E-state index < -0.39 is 35.5 Å². The van der Waals surface area contributed by atoms with Crippen LogP contribution in [0.4, 0.5) is 0 Å². The standard InChI is InChI=1S/C12H20Cl2O4Si/c1-17-12(18-2)10(13)6-7(19(3,4)5)11(12,14)9(16)8(10)15/h7,9,16H,6H2,1-5H3/t7-,9+,10+,11-/m0/s1. The molecule has 2 aliphatic carbocycles. The molecular formula is C12H20Cl2O4Si. The van der Waals surface area contributed by atoms with Crippen molar-refractivity contribution in [2.24, 2.45) is 0 Å². The van der Waals surface area contributed by atoms with E-state index in [2.05, 4.69) is 19.6 Å². The summed E-state index contributed by atoms with van der Waals surface area (Å²) < 4.78 is 10.9. The molecule has 0 saturated heterocycles. The zero-order valence-electron chi connectivity index (χ0n) is 11.8. The van der Waals surface area contributed by atoms with Gasteiger partial charge < -0.3 is 14.6 Å². The van der Waals surface area contributed by atoms with Gasteiger partial charge in [0, 0.05) is 22.3 Å². The molecule has 4 atom stereocenters. The molecule has 0 aliphatic heterocycles. The summed E-state index contributed by atoms with van der Waals surface area (Å²) in [5, 5.41) is 10.3. The Balaban J connectivity index is 2.69. The molecule has 2 fully saturated rings. The predicted octanol–water partition coefficient (Wildman–Crippen LogP) is 1.99. The smallest absolute Gasteiger partial charge is 0.217 e. The molecule has 0 aromatic rings. The number of rotatable bonds is 3. The lowest BCUT2D eigenvalue weighted by Gasteiger charge is -2.44. The number of aliphatic hydroxyl groups excluding tert-OH is 1. The van der Waals surface area contributed by atoms with Crippen LogP contribution in [-0.2, 0) is 14.3 Å². The van der Waals surface area contributed by atoms with Gasteiger partial charge in [-0.25, -0.2) is 0 Å². The van der Waals surface area contributed by atoms with E-state index in [9.17, 15) is 9.90 Å². The summed E-state index contributed by atoms with van der Waals surface area (Å²) in [6.45, 7) is 6.40. The van der Waals surface area contributed by atoms with Crippen molar-refractivity contribution in [1.29, 1.82) is 0 Å². The second kappa shape index (κ2) is 4.18. The number of ether oxygens (including phenoxy) is 2. The van der Waals surface area contributed by atoms with E-state index in [0.29, 0.717) is 6.42 Å². The molecule has 0 aromatic heterocycles. The maximum absolute atomic E-state index is 12.3. The van der Waals surface area contributed by atoms with Gasteiger partial charge in [0.05, 0.1) is 0 Å². The van der Waals surface area contributed by atoms with Gasteiger partial charge in [-0.05, 0) is 12.0 Å². The second-order valence-corrected chi connectivity index (χ2v) is 13.2. The third kappa shape index (κ3) is 1.49. The minimum absolute atomic E-state index is 0.0771. The van der Waals surface area contributed by atoms with Gasteiger partial charge in [-0.3, -0.25) is 4.79 Å². The van der Waals surface area contributed by atoms with Crippen LogP contribution in [0.15, 0.2) is 0 Å². The van der Waals surface area contributed by atoms with Crippen molar-refractivity contribution in [3.8, 4) is 0 Å². The van der Waals surface area contributed by atoms with E-state index in [0.717, 1.165) is 0 Å². The highest BCUT2D eigenvalue weighted by Crippen LogP contribution is 2.70. The molecule has 110 valence electrons. The third-order valence-corrected chi connectivity index (χ3v) is 8.92. The summed E-state index contributed by atoms with van der Waals surface area (Å²) in [5.41, 5.74) is -0.0771. The van der Waals surface area contributed by atoms with Crippen molar-refractivity contribution in [3.05, 3.63) is 0 Å². The number of alkyl halides is 2. The molecule has 2 rings (SSSR count). The number of fused-ring (bicyclic) bond motifs is 2. The van der Waals surface area contributed by atoms with Crippen molar-refractivity contribution < 1.29 is 19.4 Å². The molecular weight excluding hydrogens is 307 g/mol. The Morgan fingerprint density at radius 2 is 1.74 bits per heavy atom. The van der Waals surface area contributed by atoms with Crippen molar-refractivity contribution in [2.45, 2.75) is 53.2 Å². The van der Waals surface area contributed by atoms with E-state index in [1.54, 1.807) is 0 Å². The van der Waals surface area contributed by atoms with E-state index in [4.69, 9.17) is 32.7 Å². The van der Waals surface area contributed by atoms with Gasteiger partial charge in [0.1, 0.15) is 11.0 Å². The molecule has 2 aliphatic rings. The second-order valence-electron chi connectivity index (χ2n) is 6.48. The summed E-state index contributed by atoms with van der Waals surface area (Å²) in [7, 11) is 1.05. The number of Topliss-reactive ketones (excluding diaryl/α,β-unsaturated/α-hetero) is 1. The summed E-state index contributed by atoms with van der Waals surface area (Å²) in [4.78, 5) is 9.55. The largest absolute Gasteiger partial charge is 0.383 e. The highest BCUT2D eigenvalue weighted by Gasteiger charge is 2.86. The number of halogens is 2. The first kappa shape index (κ1) is 15.7. The Labute approximate surface area is 124 Å². The molecule has 0 unspecified atom stereocenters. The zero-order chi connectivity index (χ0) is 14.9. The van der Waals surface area contributed by atoms with E-state index in [-0.39, 0.29) is 5.54 Å². The van der Waals surface area contributed by atoms with Crippen molar-refractivity contribution in [2.75, 3.05) is 14.2 Å². The fraction of sp³-hybridized carbons (Fsp3) is 0.917. The Bertz CT molecular complexity index is 420.